The highest BCUT2D eigenvalue weighted by Crippen LogP contribution is 2.35. The van der Waals surface area contributed by atoms with Crippen LogP contribution in [-0.2, 0) is 0 Å². The smallest absolute Gasteiger partial charge is 0.164 e. The molecule has 0 bridgehead atoms. The molecule has 0 aliphatic rings. The van der Waals surface area contributed by atoms with Crippen LogP contribution in [0.4, 0.5) is 0 Å². The molecule has 0 aliphatic heterocycles. The van der Waals surface area contributed by atoms with Crippen molar-refractivity contribution in [3.63, 3.8) is 0 Å². The van der Waals surface area contributed by atoms with Crippen LogP contribution in [0, 0.1) is 0 Å². The van der Waals surface area contributed by atoms with Crippen molar-refractivity contribution in [3.05, 3.63) is 163 Å². The first-order chi connectivity index (χ1) is 28.4. The van der Waals surface area contributed by atoms with Gasteiger partial charge in [0, 0.05) is 50.8 Å². The summed E-state index contributed by atoms with van der Waals surface area (Å²) in [6.45, 7) is 8.37. The summed E-state index contributed by atoms with van der Waals surface area (Å²) in [7, 11) is 0. The van der Waals surface area contributed by atoms with Gasteiger partial charge in [0.25, 0.3) is 0 Å². The molecule has 0 amide bonds. The molecule has 0 saturated carbocycles. The zero-order valence-corrected chi connectivity index (χ0v) is 32.6. The number of benzene rings is 6. The number of fused-ring (bicyclic) bond motifs is 1. The van der Waals surface area contributed by atoms with Crippen molar-refractivity contribution in [2.75, 3.05) is 0 Å². The molecular weight excluding hydrogens is 715 g/mol. The molecule has 0 unspecified atom stereocenters. The average molecular weight is 754 g/mol. The van der Waals surface area contributed by atoms with Gasteiger partial charge in [-0.2, -0.15) is 0 Å². The Kier molecular flexibility index (Phi) is 9.77. The molecule has 6 aromatic carbocycles. The standard InChI is InChI=1S/C49H39N9/c1-30(2)41-50-43(32-17-8-5-9-18-32)54-46(52-41)36-24-16-25-37(28-36)47-55-45(34-21-12-7-13-22-34)57-49(58-47)40-29-38(27-35-23-14-15-26-39(35)40)48-53-42(31(3)4)51-44(56-48)33-19-10-6-11-20-33/h5-31H,1-4H3. The zero-order chi connectivity index (χ0) is 39.6. The first-order valence-corrected chi connectivity index (χ1v) is 19.4. The molecule has 9 aromatic rings. The highest BCUT2D eigenvalue weighted by molar-refractivity contribution is 5.98. The van der Waals surface area contributed by atoms with E-state index in [1.165, 1.54) is 0 Å². The lowest BCUT2D eigenvalue weighted by molar-refractivity contribution is 0.766. The summed E-state index contributed by atoms with van der Waals surface area (Å²) in [5, 5.41) is 2.01. The molecule has 0 saturated heterocycles. The first kappa shape index (κ1) is 36.3. The van der Waals surface area contributed by atoms with Crippen LogP contribution in [0.3, 0.4) is 0 Å². The van der Waals surface area contributed by atoms with Gasteiger partial charge in [-0.05, 0) is 29.0 Å². The minimum atomic E-state index is 0.0962. The van der Waals surface area contributed by atoms with E-state index in [0.717, 1.165) is 61.4 Å². The van der Waals surface area contributed by atoms with Gasteiger partial charge in [0.15, 0.2) is 40.8 Å². The van der Waals surface area contributed by atoms with Crippen molar-refractivity contribution in [2.24, 2.45) is 0 Å². The normalized spacial score (nSPS) is 11.4. The highest BCUT2D eigenvalue weighted by Gasteiger charge is 2.20. The van der Waals surface area contributed by atoms with Crippen LogP contribution in [0.15, 0.2) is 152 Å². The van der Waals surface area contributed by atoms with E-state index >= 15 is 0 Å². The van der Waals surface area contributed by atoms with Crippen molar-refractivity contribution >= 4 is 10.8 Å². The van der Waals surface area contributed by atoms with Gasteiger partial charge >= 0.3 is 0 Å². The fourth-order valence-corrected chi connectivity index (χ4v) is 6.76. The fourth-order valence-electron chi connectivity index (χ4n) is 6.76. The molecule has 9 nitrogen and oxygen atoms in total. The Hall–Kier alpha value is -7.39. The number of hydrogen-bond donors (Lipinski definition) is 0. The van der Waals surface area contributed by atoms with Gasteiger partial charge in [-0.3, -0.25) is 0 Å². The van der Waals surface area contributed by atoms with Crippen LogP contribution in [0.2, 0.25) is 0 Å². The monoisotopic (exact) mass is 753 g/mol. The van der Waals surface area contributed by atoms with E-state index in [-0.39, 0.29) is 11.8 Å². The summed E-state index contributed by atoms with van der Waals surface area (Å²) in [5.41, 5.74) is 6.05. The highest BCUT2D eigenvalue weighted by atomic mass is 15.1. The molecule has 3 heterocycles. The molecule has 0 spiro atoms. The van der Waals surface area contributed by atoms with Gasteiger partial charge in [-0.25, -0.2) is 44.9 Å². The number of rotatable bonds is 9. The van der Waals surface area contributed by atoms with E-state index < -0.39 is 0 Å². The van der Waals surface area contributed by atoms with E-state index in [1.54, 1.807) is 0 Å². The van der Waals surface area contributed by atoms with Gasteiger partial charge in [0.05, 0.1) is 0 Å². The lowest BCUT2D eigenvalue weighted by atomic mass is 9.99. The van der Waals surface area contributed by atoms with E-state index in [9.17, 15) is 0 Å². The first-order valence-electron chi connectivity index (χ1n) is 19.4. The Morgan fingerprint density at radius 3 is 1.14 bits per heavy atom. The number of aromatic nitrogens is 9. The van der Waals surface area contributed by atoms with Gasteiger partial charge in [0.2, 0.25) is 0 Å². The van der Waals surface area contributed by atoms with E-state index in [1.807, 2.05) is 127 Å². The van der Waals surface area contributed by atoms with Crippen LogP contribution >= 0.6 is 0 Å². The van der Waals surface area contributed by atoms with Crippen molar-refractivity contribution in [1.82, 2.24) is 44.9 Å². The van der Waals surface area contributed by atoms with E-state index in [4.69, 9.17) is 44.9 Å². The third kappa shape index (κ3) is 7.45. The third-order valence-corrected chi connectivity index (χ3v) is 9.81. The summed E-state index contributed by atoms with van der Waals surface area (Å²) < 4.78 is 0. The lowest BCUT2D eigenvalue weighted by Crippen LogP contribution is -2.05. The third-order valence-electron chi connectivity index (χ3n) is 9.81. The molecule has 58 heavy (non-hydrogen) atoms. The van der Waals surface area contributed by atoms with Crippen molar-refractivity contribution < 1.29 is 0 Å². The summed E-state index contributed by atoms with van der Waals surface area (Å²) in [6, 6.07) is 50.6. The summed E-state index contributed by atoms with van der Waals surface area (Å²) in [6.07, 6.45) is 0. The second-order valence-corrected chi connectivity index (χ2v) is 14.7. The largest absolute Gasteiger partial charge is 0.213 e. The maximum absolute atomic E-state index is 5.21. The molecule has 0 radical (unpaired) electrons. The zero-order valence-electron chi connectivity index (χ0n) is 32.6. The molecule has 3 aromatic heterocycles. The maximum Gasteiger partial charge on any atom is 0.164 e. The minimum absolute atomic E-state index is 0.0962. The second-order valence-electron chi connectivity index (χ2n) is 14.7. The molecule has 0 aliphatic carbocycles. The van der Waals surface area contributed by atoms with Crippen LogP contribution in [0.5, 0.6) is 0 Å². The molecule has 280 valence electrons. The maximum atomic E-state index is 5.21. The van der Waals surface area contributed by atoms with Gasteiger partial charge in [0.1, 0.15) is 11.6 Å². The van der Waals surface area contributed by atoms with E-state index in [0.29, 0.717) is 40.8 Å². The SMILES string of the molecule is CC(C)c1nc(-c2ccccc2)nc(-c2cccc(-c3nc(-c4ccccc4)nc(-c4cc(-c5nc(-c6ccccc6)nc(C(C)C)n5)cc5ccccc45)n3)c2)n1. The summed E-state index contributed by atoms with van der Waals surface area (Å²) >= 11 is 0. The number of nitrogens with zero attached hydrogens (tertiary/aromatic N) is 9. The molecule has 9 rings (SSSR count). The van der Waals surface area contributed by atoms with Crippen LogP contribution in [0.1, 0.15) is 51.2 Å². The number of hydrogen-bond acceptors (Lipinski definition) is 9. The van der Waals surface area contributed by atoms with Crippen molar-refractivity contribution in [1.29, 1.82) is 0 Å². The average Bonchev–Trinajstić information content (AvgIpc) is 3.29. The van der Waals surface area contributed by atoms with Crippen molar-refractivity contribution in [3.8, 4) is 79.7 Å². The molecule has 0 N–H and O–H groups in total. The van der Waals surface area contributed by atoms with Gasteiger partial charge < -0.3 is 0 Å². The van der Waals surface area contributed by atoms with Gasteiger partial charge in [-0.15, -0.1) is 0 Å². The summed E-state index contributed by atoms with van der Waals surface area (Å²) in [4.78, 5) is 45.0. The fraction of sp³-hybridized carbons (Fsp3) is 0.122. The minimum Gasteiger partial charge on any atom is -0.213 e. The Morgan fingerprint density at radius 1 is 0.293 bits per heavy atom. The Labute approximate surface area is 337 Å². The predicted octanol–water partition coefficient (Wildman–Crippen LogP) is 11.3. The Bertz CT molecular complexity index is 2900. The van der Waals surface area contributed by atoms with Crippen molar-refractivity contribution in [2.45, 2.75) is 39.5 Å². The van der Waals surface area contributed by atoms with Crippen LogP contribution in [-0.4, -0.2) is 44.9 Å². The Balaban J connectivity index is 1.22. The predicted molar refractivity (Wildman–Crippen MR) is 230 cm³/mol. The van der Waals surface area contributed by atoms with Crippen LogP contribution in [0.25, 0.3) is 90.5 Å². The van der Waals surface area contributed by atoms with Gasteiger partial charge in [-0.1, -0.05) is 161 Å². The lowest BCUT2D eigenvalue weighted by Gasteiger charge is -2.14. The molecule has 0 fully saturated rings. The quantitative estimate of drug-likeness (QED) is 0.142. The van der Waals surface area contributed by atoms with Crippen LogP contribution < -0.4 is 0 Å². The molecule has 0 atom stereocenters. The van der Waals surface area contributed by atoms with E-state index in [2.05, 4.69) is 52.0 Å². The topological polar surface area (TPSA) is 116 Å². The summed E-state index contributed by atoms with van der Waals surface area (Å²) in [5.74, 6) is 5.70. The second kappa shape index (κ2) is 15.6. The molecular formula is C49H39N9. The molecule has 9 heteroatoms. The Morgan fingerprint density at radius 2 is 0.655 bits per heavy atom.